The van der Waals surface area contributed by atoms with E-state index in [1.807, 2.05) is 285 Å². The minimum atomic E-state index is -1.40. The summed E-state index contributed by atoms with van der Waals surface area (Å²) in [5.41, 5.74) is 31.9. The molecule has 0 aliphatic carbocycles. The fourth-order valence-electron chi connectivity index (χ4n) is 15.4. The van der Waals surface area contributed by atoms with Gasteiger partial charge in [0.05, 0.1) is 67.3 Å². The molecule has 8 N–H and O–H groups in total. The molecule has 19 rings (SSSR count). The van der Waals surface area contributed by atoms with Crippen molar-refractivity contribution in [3.8, 4) is 56.1 Å². The predicted molar refractivity (Wildman–Crippen MR) is 556 cm³/mol. The molecule has 0 saturated heterocycles. The molecule has 11 heterocycles. The number of anilines is 1. The number of benzene rings is 8. The smallest absolute Gasteiger partial charge is 0.423 e. The molecule has 133 heavy (non-hydrogen) atoms. The van der Waals surface area contributed by atoms with Crippen LogP contribution in [0.1, 0.15) is 85.8 Å². The monoisotopic (exact) mass is 2190 g/mol. The van der Waals surface area contributed by atoms with Gasteiger partial charge in [0.2, 0.25) is 16.5 Å². The molecule has 35 heteroatoms. The number of nitrogen functional groups attached to an aromatic ring is 1. The topological polar surface area (TPSA) is 355 Å². The lowest BCUT2D eigenvalue weighted by molar-refractivity contribution is 0.425. The second-order valence-corrected chi connectivity index (χ2v) is 36.2. The van der Waals surface area contributed by atoms with E-state index in [2.05, 4.69) is 121 Å². The zero-order valence-corrected chi connectivity index (χ0v) is 82.4. The van der Waals surface area contributed by atoms with Crippen molar-refractivity contribution in [1.82, 2.24) is 87.3 Å². The van der Waals surface area contributed by atoms with Gasteiger partial charge in [-0.3, -0.25) is 56.2 Å². The highest BCUT2D eigenvalue weighted by Crippen LogP contribution is 2.36. The number of hydrogen-bond donors (Lipinski definition) is 5. The van der Waals surface area contributed by atoms with Crippen LogP contribution in [0.2, 0.25) is 20.7 Å². The number of para-hydroxylation sites is 4. The first-order valence-corrected chi connectivity index (χ1v) is 46.4. The van der Waals surface area contributed by atoms with E-state index in [1.54, 1.807) is 79.7 Å². The summed E-state index contributed by atoms with van der Waals surface area (Å²) in [6, 6.07) is 69.5. The predicted octanol–water partition coefficient (Wildman–Crippen LogP) is 18.1. The SMILES string of the molecule is C[C@H](Cc1nc(Cl)ncc1I)c1cc2cccc(-c3cnn(C)c3)c2c(=O)n1-c1ccccc1.C[C@H](Cc1nc(N)ncc1I)c1cc2cccc(-c3cnn(C)c3)c2c(=O)n1-c1ccccc1.C[C@H](N)c1cc2cccc(-c3cnn(C)c3)c2c(=O)n1-c1ccccc1.C[C@H](N)c1cc2cccc(Cl)c2c(=O)n1-c1ccccc1.Clc1ncc(I)c(Cl)n1.Cn1cc(B(O)O)cn1. The van der Waals surface area contributed by atoms with E-state index < -0.39 is 7.12 Å². The van der Waals surface area contributed by atoms with Crippen molar-refractivity contribution in [3.05, 3.63) is 394 Å². The lowest BCUT2D eigenvalue weighted by atomic mass is 9.83. The van der Waals surface area contributed by atoms with Gasteiger partial charge in [-0.15, -0.1) is 0 Å². The number of rotatable bonds is 16. The lowest BCUT2D eigenvalue weighted by Gasteiger charge is -2.21. The Bertz CT molecular complexity index is 7440. The van der Waals surface area contributed by atoms with E-state index in [1.165, 1.54) is 10.9 Å². The highest BCUT2D eigenvalue weighted by atomic mass is 127. The van der Waals surface area contributed by atoms with Crippen LogP contribution in [0.5, 0.6) is 0 Å². The van der Waals surface area contributed by atoms with E-state index in [4.69, 9.17) is 73.7 Å². The molecule has 0 bridgehead atoms. The summed E-state index contributed by atoms with van der Waals surface area (Å²) in [4.78, 5) is 79.1. The van der Waals surface area contributed by atoms with Crippen LogP contribution < -0.4 is 44.9 Å². The Morgan fingerprint density at radius 3 is 1.02 bits per heavy atom. The quantitative estimate of drug-likeness (QED) is 0.0260. The van der Waals surface area contributed by atoms with E-state index in [9.17, 15) is 19.2 Å². The Morgan fingerprint density at radius 2 is 0.684 bits per heavy atom. The van der Waals surface area contributed by atoms with E-state index in [0.717, 1.165) is 123 Å². The normalized spacial score (nSPS) is 12.0. The number of halogens is 7. The van der Waals surface area contributed by atoms with Gasteiger partial charge in [0.15, 0.2) is 0 Å². The Balaban J connectivity index is 0.000000135. The van der Waals surface area contributed by atoms with Crippen molar-refractivity contribution < 1.29 is 10.0 Å². The highest BCUT2D eigenvalue weighted by molar-refractivity contribution is 14.1. The average Bonchev–Trinajstić information content (AvgIpc) is 1.71. The van der Waals surface area contributed by atoms with Crippen molar-refractivity contribution in [2.75, 3.05) is 5.73 Å². The Morgan fingerprint density at radius 1 is 0.368 bits per heavy atom. The van der Waals surface area contributed by atoms with Crippen LogP contribution in [0, 0.1) is 10.7 Å². The number of pyridine rings is 4. The van der Waals surface area contributed by atoms with Gasteiger partial charge in [-0.1, -0.05) is 177 Å². The second kappa shape index (κ2) is 43.6. The van der Waals surface area contributed by atoms with Crippen LogP contribution in [-0.2, 0) is 41.0 Å². The van der Waals surface area contributed by atoms with Crippen LogP contribution in [0.15, 0.2) is 306 Å². The van der Waals surface area contributed by atoms with Gasteiger partial charge >= 0.3 is 7.12 Å². The van der Waals surface area contributed by atoms with Gasteiger partial charge in [0.25, 0.3) is 22.2 Å². The van der Waals surface area contributed by atoms with Crippen molar-refractivity contribution >= 4 is 176 Å². The van der Waals surface area contributed by atoms with E-state index in [-0.39, 0.29) is 62.7 Å². The Hall–Kier alpha value is -12.3. The number of nitrogens with zero attached hydrogens (tertiary/aromatic N) is 18. The van der Waals surface area contributed by atoms with Crippen molar-refractivity contribution in [2.45, 2.75) is 64.5 Å². The van der Waals surface area contributed by atoms with Crippen LogP contribution in [0.4, 0.5) is 5.95 Å². The third-order valence-corrected chi connectivity index (χ3v) is 25.5. The van der Waals surface area contributed by atoms with Crippen molar-refractivity contribution in [2.24, 2.45) is 39.7 Å². The van der Waals surface area contributed by atoms with Crippen molar-refractivity contribution in [3.63, 3.8) is 0 Å². The Kier molecular flexibility index (Phi) is 31.7. The Labute approximate surface area is 825 Å². The summed E-state index contributed by atoms with van der Waals surface area (Å²) < 4.78 is 16.4. The van der Waals surface area contributed by atoms with E-state index in [0.29, 0.717) is 50.0 Å². The van der Waals surface area contributed by atoms with Crippen LogP contribution in [-0.4, -0.2) is 104 Å². The summed E-state index contributed by atoms with van der Waals surface area (Å²) in [5.74, 6) is 0.253. The maximum atomic E-state index is 14.1. The second-order valence-electron chi connectivity index (χ2n) is 31.2. The summed E-state index contributed by atoms with van der Waals surface area (Å²) in [6.45, 7) is 7.98. The minimum absolute atomic E-state index is 0.00108. The van der Waals surface area contributed by atoms with Crippen LogP contribution in [0.25, 0.3) is 99.2 Å². The largest absolute Gasteiger partial charge is 0.491 e. The summed E-state index contributed by atoms with van der Waals surface area (Å²) >= 11 is 29.7. The number of fused-ring (bicyclic) bond motifs is 4. The fraction of sp³-hybridized carbons (Fsp3) is 0.143. The van der Waals surface area contributed by atoms with Gasteiger partial charge in [0, 0.05) is 169 Å². The zero-order chi connectivity index (χ0) is 94.6. The van der Waals surface area contributed by atoms with Gasteiger partial charge in [0.1, 0.15) is 5.15 Å². The first kappa shape index (κ1) is 96.8. The molecule has 4 atom stereocenters. The summed E-state index contributed by atoms with van der Waals surface area (Å²) in [5, 5.41) is 41.0. The summed E-state index contributed by atoms with van der Waals surface area (Å²) in [7, 11) is 5.92. The van der Waals surface area contributed by atoms with Gasteiger partial charge in [-0.25, -0.2) is 29.9 Å². The molecule has 0 aliphatic heterocycles. The number of hydrogen-bond acceptors (Lipinski definition) is 19. The molecular formula is C98H87BCl4I3N21O6. The zero-order valence-electron chi connectivity index (χ0n) is 72.9. The lowest BCUT2D eigenvalue weighted by Crippen LogP contribution is -2.28. The van der Waals surface area contributed by atoms with Gasteiger partial charge in [-0.05, 0) is 235 Å². The number of aryl methyl sites for hydroxylation is 4. The fourth-order valence-corrected chi connectivity index (χ4v) is 17.4. The van der Waals surface area contributed by atoms with Gasteiger partial charge < -0.3 is 27.2 Å². The van der Waals surface area contributed by atoms with Crippen molar-refractivity contribution in [1.29, 1.82) is 0 Å². The average molecular weight is 2190 g/mol. The minimum Gasteiger partial charge on any atom is -0.423 e. The first-order chi connectivity index (χ1) is 63.9. The number of nitrogens with two attached hydrogens (primary N) is 3. The molecule has 0 aliphatic rings. The molecule has 0 saturated carbocycles. The van der Waals surface area contributed by atoms with E-state index >= 15 is 0 Å². The molecule has 0 fully saturated rings. The molecule has 19 aromatic rings. The van der Waals surface area contributed by atoms with Crippen LogP contribution >= 0.6 is 114 Å². The molecular weight excluding hydrogens is 2100 g/mol. The maximum Gasteiger partial charge on any atom is 0.491 e. The molecule has 0 spiro atoms. The highest BCUT2D eigenvalue weighted by Gasteiger charge is 2.26. The molecule has 11 aromatic heterocycles. The van der Waals surface area contributed by atoms with Crippen LogP contribution in [0.3, 0.4) is 0 Å². The third-order valence-electron chi connectivity index (χ3n) is 21.6. The molecule has 8 aromatic carbocycles. The first-order valence-electron chi connectivity index (χ1n) is 41.6. The molecule has 0 amide bonds. The molecule has 27 nitrogen and oxygen atoms in total. The molecule has 0 radical (unpaired) electrons. The molecule has 0 unspecified atom stereocenters. The number of aromatic nitrogens is 18. The maximum absolute atomic E-state index is 14.1. The summed E-state index contributed by atoms with van der Waals surface area (Å²) in [6.07, 6.45) is 20.4. The third kappa shape index (κ3) is 22.6. The standard InChI is InChI=1S/C26H21ClIN5O.C26H23IN6O.C21H20N4O.C17H15ClN2O.C4H7BN2O2.C4HCl2IN2/c1-16(11-22-21(28)14-29-26(27)31-22)23-12-17-7-6-10-20(18-13-30-32(2)15-18)24(17)25(34)33(23)19-8-4-3-5-9-19;1-16(11-22-21(27)14-29-26(28)31-22)23-12-17-7-6-10-20(18-13-30-32(2)15-18)24(17)25(34)33(23)19-8-4-3-5-9-19;1-14(22)19-11-15-7-6-10-18(16-12-23-24(2)13-16)20(15)21(26)25(19)17-8-4-3-5-9-17;1-11(19)15-10-12-6-5-9-14(18)16(12)17(21)20(15)13-7-3-2-4-8-13;1-7-3-4(2-6-7)5(8)9;5-3-2(7)1-8-4(6)9-3/h3-10,12-16H,11H2,1-2H3;3-10,12-16H,11H2,1-2H3,(H2,28,29,31);3-14H,22H2,1-2H3;2-11H,19H2,1H3;2-3,8-9H,1H3;1H/t2*16-;14-;11-;;/m1100../s1. The van der Waals surface area contributed by atoms with Gasteiger partial charge in [-0.2, -0.15) is 20.4 Å². The molecule has 672 valence electrons.